The fourth-order valence-corrected chi connectivity index (χ4v) is 3.30. The van der Waals surface area contributed by atoms with Crippen LogP contribution >= 0.6 is 11.6 Å². The average Bonchev–Trinajstić information content (AvgIpc) is 2.69. The molecule has 18 heavy (non-hydrogen) atoms. The third kappa shape index (κ3) is 2.13. The van der Waals surface area contributed by atoms with Gasteiger partial charge in [0.05, 0.1) is 5.71 Å². The van der Waals surface area contributed by atoms with Crippen molar-refractivity contribution < 1.29 is 4.84 Å². The molecule has 0 N–H and O–H groups in total. The van der Waals surface area contributed by atoms with Gasteiger partial charge in [-0.2, -0.15) is 0 Å². The molecule has 1 unspecified atom stereocenters. The van der Waals surface area contributed by atoms with Gasteiger partial charge in [-0.05, 0) is 36.6 Å². The van der Waals surface area contributed by atoms with Gasteiger partial charge in [-0.25, -0.2) is 0 Å². The molecule has 1 aromatic carbocycles. The maximum absolute atomic E-state index is 5.96. The molecule has 2 fully saturated rings. The summed E-state index contributed by atoms with van der Waals surface area (Å²) in [6.07, 6.45) is 1.19. The van der Waals surface area contributed by atoms with Crippen molar-refractivity contribution in [3.05, 3.63) is 34.9 Å². The summed E-state index contributed by atoms with van der Waals surface area (Å²) >= 11 is 5.96. The minimum absolute atomic E-state index is 0.500. The van der Waals surface area contributed by atoms with Gasteiger partial charge in [0.2, 0.25) is 0 Å². The lowest BCUT2D eigenvalue weighted by Crippen LogP contribution is -2.31. The predicted molar refractivity (Wildman–Crippen MR) is 73.2 cm³/mol. The van der Waals surface area contributed by atoms with Crippen LogP contribution in [0.3, 0.4) is 0 Å². The van der Waals surface area contributed by atoms with E-state index in [0.29, 0.717) is 11.8 Å². The summed E-state index contributed by atoms with van der Waals surface area (Å²) in [5.74, 6) is 1.05. The molecule has 0 aliphatic carbocycles. The largest absolute Gasteiger partial charge is 0.399 e. The smallest absolute Gasteiger partial charge is 0.106 e. The molecule has 0 amide bonds. The summed E-state index contributed by atoms with van der Waals surface area (Å²) in [5.41, 5.74) is 2.56. The van der Waals surface area contributed by atoms with Gasteiger partial charge in [0.1, 0.15) is 7.11 Å². The molecule has 3 nitrogen and oxygen atoms in total. The number of oxime groups is 1. The standard InChI is InChI=1S/C14H17ClN2O/c1-18-16-14-9-17-7-6-12(13(14)8-17)10-2-4-11(15)5-3-10/h2-5,12-13H,6-9H2,1H3/b16-14-/t12-,13+/m1/s1. The highest BCUT2D eigenvalue weighted by molar-refractivity contribution is 6.30. The summed E-state index contributed by atoms with van der Waals surface area (Å²) in [6, 6.07) is 8.24. The number of halogens is 1. The SMILES string of the molecule is CO/N=C1/CN2CC[C@H](c3ccc(Cl)cc3)[C@@H]1C2. The predicted octanol–water partition coefficient (Wildman–Crippen LogP) is 2.76. The molecule has 2 saturated heterocycles. The Balaban J connectivity index is 1.88. The highest BCUT2D eigenvalue weighted by atomic mass is 35.5. The Bertz CT molecular complexity index is 457. The number of hydrogen-bond donors (Lipinski definition) is 0. The molecule has 0 radical (unpaired) electrons. The van der Waals surface area contributed by atoms with E-state index in [0.717, 1.165) is 24.7 Å². The fourth-order valence-electron chi connectivity index (χ4n) is 3.17. The number of rotatable bonds is 2. The van der Waals surface area contributed by atoms with E-state index in [1.807, 2.05) is 12.1 Å². The first-order valence-corrected chi connectivity index (χ1v) is 6.73. The Morgan fingerprint density at radius 3 is 2.78 bits per heavy atom. The zero-order chi connectivity index (χ0) is 12.5. The van der Waals surface area contributed by atoms with E-state index < -0.39 is 0 Å². The highest BCUT2D eigenvalue weighted by Crippen LogP contribution is 2.38. The van der Waals surface area contributed by atoms with E-state index in [9.17, 15) is 0 Å². The van der Waals surface area contributed by atoms with Gasteiger partial charge in [0.15, 0.2) is 0 Å². The van der Waals surface area contributed by atoms with Crippen LogP contribution in [0.1, 0.15) is 17.9 Å². The Morgan fingerprint density at radius 1 is 1.28 bits per heavy atom. The van der Waals surface area contributed by atoms with Crippen molar-refractivity contribution in [1.29, 1.82) is 0 Å². The minimum atomic E-state index is 0.500. The summed E-state index contributed by atoms with van der Waals surface area (Å²) in [7, 11) is 1.63. The summed E-state index contributed by atoms with van der Waals surface area (Å²) in [5, 5.41) is 5.01. The average molecular weight is 265 g/mol. The van der Waals surface area contributed by atoms with Crippen LogP contribution in [0.4, 0.5) is 0 Å². The van der Waals surface area contributed by atoms with E-state index in [2.05, 4.69) is 22.2 Å². The number of nitrogens with zero attached hydrogens (tertiary/aromatic N) is 2. The molecule has 96 valence electrons. The van der Waals surface area contributed by atoms with Crippen molar-refractivity contribution >= 4 is 17.3 Å². The van der Waals surface area contributed by atoms with Gasteiger partial charge in [0.25, 0.3) is 0 Å². The van der Waals surface area contributed by atoms with Crippen molar-refractivity contribution in [1.82, 2.24) is 4.90 Å². The summed E-state index contributed by atoms with van der Waals surface area (Å²) in [4.78, 5) is 7.43. The van der Waals surface area contributed by atoms with Gasteiger partial charge in [0, 0.05) is 24.0 Å². The van der Waals surface area contributed by atoms with Gasteiger partial charge in [-0.15, -0.1) is 0 Å². The molecule has 0 saturated carbocycles. The van der Waals surface area contributed by atoms with Crippen LogP contribution in [0.25, 0.3) is 0 Å². The van der Waals surface area contributed by atoms with Gasteiger partial charge in [-0.3, -0.25) is 4.90 Å². The van der Waals surface area contributed by atoms with E-state index >= 15 is 0 Å². The van der Waals surface area contributed by atoms with Crippen LogP contribution in [-0.2, 0) is 4.84 Å². The first kappa shape index (κ1) is 12.0. The second kappa shape index (κ2) is 4.90. The van der Waals surface area contributed by atoms with E-state index in [-0.39, 0.29) is 0 Å². The Morgan fingerprint density at radius 2 is 2.06 bits per heavy atom. The van der Waals surface area contributed by atoms with Crippen molar-refractivity contribution in [2.45, 2.75) is 12.3 Å². The molecule has 2 aliphatic heterocycles. The van der Waals surface area contributed by atoms with Crippen LogP contribution in [0.5, 0.6) is 0 Å². The number of hydrogen-bond acceptors (Lipinski definition) is 3. The van der Waals surface area contributed by atoms with Gasteiger partial charge < -0.3 is 4.84 Å². The maximum Gasteiger partial charge on any atom is 0.106 e. The third-order valence-electron chi connectivity index (χ3n) is 4.02. The Labute approximate surface area is 112 Å². The molecule has 2 heterocycles. The molecule has 2 aliphatic rings. The first-order chi connectivity index (χ1) is 8.78. The number of benzene rings is 1. The van der Waals surface area contributed by atoms with Crippen LogP contribution in [0.2, 0.25) is 5.02 Å². The minimum Gasteiger partial charge on any atom is -0.399 e. The zero-order valence-corrected chi connectivity index (χ0v) is 11.2. The van der Waals surface area contributed by atoms with Gasteiger partial charge >= 0.3 is 0 Å². The monoisotopic (exact) mass is 264 g/mol. The van der Waals surface area contributed by atoms with Gasteiger partial charge in [-0.1, -0.05) is 28.9 Å². The van der Waals surface area contributed by atoms with Crippen molar-refractivity contribution in [2.75, 3.05) is 26.7 Å². The highest BCUT2D eigenvalue weighted by Gasteiger charge is 2.40. The molecule has 0 aromatic heterocycles. The van der Waals surface area contributed by atoms with Crippen molar-refractivity contribution in [3.63, 3.8) is 0 Å². The second-order valence-corrected chi connectivity index (χ2v) is 5.49. The molecule has 2 bridgehead atoms. The lowest BCUT2D eigenvalue weighted by atomic mass is 9.81. The molecule has 4 heteroatoms. The number of fused-ring (bicyclic) bond motifs is 2. The lowest BCUT2D eigenvalue weighted by molar-refractivity contribution is 0.210. The maximum atomic E-state index is 5.96. The van der Waals surface area contributed by atoms with E-state index in [4.69, 9.17) is 16.4 Å². The van der Waals surface area contributed by atoms with Crippen LogP contribution in [-0.4, -0.2) is 37.4 Å². The molecular formula is C14H17ClN2O. The topological polar surface area (TPSA) is 24.8 Å². The molecule has 3 atom stereocenters. The quantitative estimate of drug-likeness (QED) is 0.768. The Kier molecular flexibility index (Phi) is 3.27. The fraction of sp³-hybridized carbons (Fsp3) is 0.500. The van der Waals surface area contributed by atoms with Crippen LogP contribution in [0, 0.1) is 5.92 Å². The van der Waals surface area contributed by atoms with E-state index in [1.165, 1.54) is 17.7 Å². The molecule has 3 rings (SSSR count). The van der Waals surface area contributed by atoms with Crippen molar-refractivity contribution in [2.24, 2.45) is 11.1 Å². The van der Waals surface area contributed by atoms with Crippen molar-refractivity contribution in [3.8, 4) is 0 Å². The molecule has 0 spiro atoms. The lowest BCUT2D eigenvalue weighted by Gasteiger charge is -2.30. The van der Waals surface area contributed by atoms with Crippen LogP contribution in [0.15, 0.2) is 29.4 Å². The normalized spacial score (nSPS) is 32.8. The zero-order valence-electron chi connectivity index (χ0n) is 10.5. The van der Waals surface area contributed by atoms with E-state index in [1.54, 1.807) is 7.11 Å². The summed E-state index contributed by atoms with van der Waals surface area (Å²) in [6.45, 7) is 3.21. The Hall–Kier alpha value is -1.06. The molecular weight excluding hydrogens is 248 g/mol. The van der Waals surface area contributed by atoms with Crippen LogP contribution < -0.4 is 0 Å². The number of piperidine rings is 1. The third-order valence-corrected chi connectivity index (χ3v) is 4.27. The molecule has 1 aromatic rings. The summed E-state index contributed by atoms with van der Waals surface area (Å²) < 4.78 is 0. The first-order valence-electron chi connectivity index (χ1n) is 6.35. The second-order valence-electron chi connectivity index (χ2n) is 5.05.